The van der Waals surface area contributed by atoms with Crippen LogP contribution in [-0.2, 0) is 15.4 Å². The SMILES string of the molecule is CS(=O)(=O)N1CC2(CCNCC2)c2ccccc21.[Cl-]. The van der Waals surface area contributed by atoms with Crippen LogP contribution in [0.1, 0.15) is 18.4 Å². The first-order chi connectivity index (χ1) is 8.53. The molecule has 1 aromatic carbocycles. The number of hydrogen-bond donors (Lipinski definition) is 1. The summed E-state index contributed by atoms with van der Waals surface area (Å²) in [5.41, 5.74) is 2.10. The van der Waals surface area contributed by atoms with Crippen LogP contribution in [0.4, 0.5) is 5.69 Å². The first-order valence-electron chi connectivity index (χ1n) is 6.31. The van der Waals surface area contributed by atoms with Crippen LogP contribution in [0.25, 0.3) is 0 Å². The van der Waals surface area contributed by atoms with Crippen LogP contribution in [-0.4, -0.2) is 34.3 Å². The fourth-order valence-corrected chi connectivity index (χ4v) is 4.21. The van der Waals surface area contributed by atoms with Gasteiger partial charge in [-0.2, -0.15) is 0 Å². The zero-order valence-corrected chi connectivity index (χ0v) is 12.5. The van der Waals surface area contributed by atoms with Crippen LogP contribution in [0.5, 0.6) is 0 Å². The lowest BCUT2D eigenvalue weighted by molar-refractivity contribution is -0.00000624. The highest BCUT2D eigenvalue weighted by molar-refractivity contribution is 7.92. The van der Waals surface area contributed by atoms with Crippen molar-refractivity contribution in [1.29, 1.82) is 0 Å². The lowest BCUT2D eigenvalue weighted by atomic mass is 9.75. The molecule has 2 aliphatic rings. The molecule has 0 saturated carbocycles. The smallest absolute Gasteiger partial charge is 0.232 e. The van der Waals surface area contributed by atoms with Gasteiger partial charge in [0.25, 0.3) is 0 Å². The second-order valence-corrected chi connectivity index (χ2v) is 7.22. The fourth-order valence-electron chi connectivity index (χ4n) is 3.21. The highest BCUT2D eigenvalue weighted by atomic mass is 35.5. The van der Waals surface area contributed by atoms with Crippen molar-refractivity contribution >= 4 is 15.7 Å². The van der Waals surface area contributed by atoms with Gasteiger partial charge in [-0.25, -0.2) is 8.42 Å². The summed E-state index contributed by atoms with van der Waals surface area (Å²) in [6, 6.07) is 7.94. The Morgan fingerprint density at radius 1 is 1.21 bits per heavy atom. The van der Waals surface area contributed by atoms with E-state index in [2.05, 4.69) is 11.4 Å². The number of sulfonamides is 1. The highest BCUT2D eigenvalue weighted by Gasteiger charge is 2.45. The summed E-state index contributed by atoms with van der Waals surface area (Å²) < 4.78 is 25.4. The van der Waals surface area contributed by atoms with Gasteiger partial charge in [-0.15, -0.1) is 0 Å². The number of piperidine rings is 1. The first kappa shape index (κ1) is 14.6. The largest absolute Gasteiger partial charge is 1.00 e. The maximum absolute atomic E-state index is 11.9. The Morgan fingerprint density at radius 3 is 2.47 bits per heavy atom. The van der Waals surface area contributed by atoms with E-state index in [4.69, 9.17) is 0 Å². The highest BCUT2D eigenvalue weighted by Crippen LogP contribution is 2.46. The molecule has 0 bridgehead atoms. The second-order valence-electron chi connectivity index (χ2n) is 5.32. The van der Waals surface area contributed by atoms with Crippen molar-refractivity contribution in [2.45, 2.75) is 18.3 Å². The zero-order valence-electron chi connectivity index (χ0n) is 10.9. The number of nitrogens with zero attached hydrogens (tertiary/aromatic N) is 1. The van der Waals surface area contributed by atoms with Gasteiger partial charge in [-0.1, -0.05) is 18.2 Å². The third-order valence-electron chi connectivity index (χ3n) is 4.15. The van der Waals surface area contributed by atoms with E-state index < -0.39 is 10.0 Å². The van der Waals surface area contributed by atoms with Crippen molar-refractivity contribution in [1.82, 2.24) is 5.32 Å². The molecule has 1 saturated heterocycles. The Morgan fingerprint density at radius 2 is 1.84 bits per heavy atom. The quantitative estimate of drug-likeness (QED) is 0.659. The van der Waals surface area contributed by atoms with Crippen LogP contribution in [0, 0.1) is 0 Å². The van der Waals surface area contributed by atoms with Gasteiger partial charge >= 0.3 is 0 Å². The van der Waals surface area contributed by atoms with Crippen LogP contribution >= 0.6 is 0 Å². The van der Waals surface area contributed by atoms with E-state index >= 15 is 0 Å². The van der Waals surface area contributed by atoms with Gasteiger partial charge < -0.3 is 17.7 Å². The molecular formula is C13H18ClN2O2S-. The second kappa shape index (κ2) is 4.96. The molecule has 6 heteroatoms. The molecule has 3 rings (SSSR count). The average molecular weight is 302 g/mol. The summed E-state index contributed by atoms with van der Waals surface area (Å²) in [5.74, 6) is 0. The molecule has 0 amide bonds. The third-order valence-corrected chi connectivity index (χ3v) is 5.28. The summed E-state index contributed by atoms with van der Waals surface area (Å²) in [4.78, 5) is 0. The number of fused-ring (bicyclic) bond motifs is 2. The van der Waals surface area contributed by atoms with E-state index in [0.29, 0.717) is 6.54 Å². The molecule has 1 N–H and O–H groups in total. The van der Waals surface area contributed by atoms with Crippen molar-refractivity contribution in [3.63, 3.8) is 0 Å². The number of para-hydroxylation sites is 1. The summed E-state index contributed by atoms with van der Waals surface area (Å²) >= 11 is 0. The van der Waals surface area contributed by atoms with Crippen molar-refractivity contribution in [2.24, 2.45) is 0 Å². The van der Waals surface area contributed by atoms with Crippen LogP contribution in [0.3, 0.4) is 0 Å². The molecule has 0 aliphatic carbocycles. The summed E-state index contributed by atoms with van der Waals surface area (Å²) in [7, 11) is -3.18. The van der Waals surface area contributed by atoms with E-state index in [-0.39, 0.29) is 17.8 Å². The Kier molecular flexibility index (Phi) is 3.82. The van der Waals surface area contributed by atoms with E-state index in [1.54, 1.807) is 4.31 Å². The number of nitrogens with one attached hydrogen (secondary N) is 1. The maximum Gasteiger partial charge on any atom is 0.232 e. The van der Waals surface area contributed by atoms with Crippen LogP contribution < -0.4 is 22.0 Å². The molecule has 1 spiro atoms. The van der Waals surface area contributed by atoms with Gasteiger partial charge in [-0.3, -0.25) is 4.31 Å². The number of anilines is 1. The molecule has 0 unspecified atom stereocenters. The van der Waals surface area contributed by atoms with Crippen molar-refractivity contribution < 1.29 is 20.8 Å². The maximum atomic E-state index is 11.9. The Balaban J connectivity index is 0.00000133. The number of benzene rings is 1. The Bertz CT molecular complexity index is 568. The standard InChI is InChI=1S/C13H18N2O2S.ClH/c1-18(16,17)15-10-13(6-8-14-9-7-13)11-4-2-3-5-12(11)15;/h2-5,14H,6-10H2,1H3;1H/p-1. The van der Waals surface area contributed by atoms with E-state index in [9.17, 15) is 8.42 Å². The molecule has 1 aromatic rings. The number of rotatable bonds is 1. The number of hydrogen-bond acceptors (Lipinski definition) is 3. The molecule has 4 nitrogen and oxygen atoms in total. The minimum atomic E-state index is -3.18. The van der Waals surface area contributed by atoms with Crippen molar-refractivity contribution in [3.8, 4) is 0 Å². The predicted octanol–water partition coefficient (Wildman–Crippen LogP) is -1.91. The first-order valence-corrected chi connectivity index (χ1v) is 8.16. The topological polar surface area (TPSA) is 49.4 Å². The van der Waals surface area contributed by atoms with Crippen molar-refractivity contribution in [2.75, 3.05) is 30.2 Å². The lowest BCUT2D eigenvalue weighted by Crippen LogP contribution is -3.00. The predicted molar refractivity (Wildman–Crippen MR) is 72.4 cm³/mol. The summed E-state index contributed by atoms with van der Waals surface area (Å²) in [5, 5.41) is 3.35. The molecule has 0 radical (unpaired) electrons. The van der Waals surface area contributed by atoms with Gasteiger partial charge in [0.15, 0.2) is 0 Å². The monoisotopic (exact) mass is 301 g/mol. The van der Waals surface area contributed by atoms with Gasteiger partial charge in [0.2, 0.25) is 10.0 Å². The van der Waals surface area contributed by atoms with Crippen molar-refractivity contribution in [3.05, 3.63) is 29.8 Å². The lowest BCUT2D eigenvalue weighted by Gasteiger charge is -2.34. The van der Waals surface area contributed by atoms with Crippen LogP contribution in [0.2, 0.25) is 0 Å². The molecule has 0 aromatic heterocycles. The molecule has 1 fully saturated rings. The molecule has 2 heterocycles. The normalized spacial score (nSPS) is 21.0. The van der Waals surface area contributed by atoms with Gasteiger partial charge in [0.05, 0.1) is 11.9 Å². The Labute approximate surface area is 120 Å². The van der Waals surface area contributed by atoms with E-state index in [1.807, 2.05) is 18.2 Å². The summed E-state index contributed by atoms with van der Waals surface area (Å²) in [6.45, 7) is 2.53. The molecular weight excluding hydrogens is 284 g/mol. The Hall–Kier alpha value is -0.780. The third kappa shape index (κ3) is 2.35. The average Bonchev–Trinajstić information content (AvgIpc) is 2.66. The molecule has 2 aliphatic heterocycles. The minimum absolute atomic E-state index is 0. The molecule has 19 heavy (non-hydrogen) atoms. The van der Waals surface area contributed by atoms with E-state index in [0.717, 1.165) is 31.6 Å². The minimum Gasteiger partial charge on any atom is -1.00 e. The van der Waals surface area contributed by atoms with Gasteiger partial charge in [0.1, 0.15) is 0 Å². The van der Waals surface area contributed by atoms with E-state index in [1.165, 1.54) is 11.8 Å². The summed E-state index contributed by atoms with van der Waals surface area (Å²) in [6.07, 6.45) is 3.32. The van der Waals surface area contributed by atoms with Gasteiger partial charge in [0, 0.05) is 12.0 Å². The molecule has 106 valence electrons. The molecule has 0 atom stereocenters. The van der Waals surface area contributed by atoms with Gasteiger partial charge in [-0.05, 0) is 37.6 Å². The van der Waals surface area contributed by atoms with Crippen LogP contribution in [0.15, 0.2) is 24.3 Å². The number of halogens is 1. The fraction of sp³-hybridized carbons (Fsp3) is 0.538. The zero-order chi connectivity index (χ0) is 12.8.